The van der Waals surface area contributed by atoms with Gasteiger partial charge in [0.2, 0.25) is 0 Å². The van der Waals surface area contributed by atoms with E-state index >= 15 is 0 Å². The van der Waals surface area contributed by atoms with Crippen molar-refractivity contribution >= 4 is 12.6 Å². The summed E-state index contributed by atoms with van der Waals surface area (Å²) < 4.78 is 0. The summed E-state index contributed by atoms with van der Waals surface area (Å²) >= 11 is 4.04. The van der Waals surface area contributed by atoms with Crippen molar-refractivity contribution in [1.29, 1.82) is 0 Å². The minimum absolute atomic E-state index is 1.04. The zero-order valence-corrected chi connectivity index (χ0v) is 12.0. The van der Waals surface area contributed by atoms with Crippen molar-refractivity contribution in [3.8, 4) is 0 Å². The van der Waals surface area contributed by atoms with E-state index < -0.39 is 0 Å². The van der Waals surface area contributed by atoms with Gasteiger partial charge in [0.05, 0.1) is 0 Å². The van der Waals surface area contributed by atoms with Crippen LogP contribution in [-0.2, 0) is 0 Å². The minimum atomic E-state index is 1.04. The Morgan fingerprint density at radius 3 is 1.81 bits per heavy atom. The highest BCUT2D eigenvalue weighted by atomic mass is 32.1. The highest BCUT2D eigenvalue weighted by molar-refractivity contribution is 7.84. The van der Waals surface area contributed by atoms with Gasteiger partial charge in [-0.1, -0.05) is 68.0 Å². The fourth-order valence-corrected chi connectivity index (χ4v) is 0.856. The van der Waals surface area contributed by atoms with E-state index in [9.17, 15) is 0 Å². The number of allylic oxidation sites excluding steroid dienone is 4. The molecule has 1 aromatic rings. The fourth-order valence-electron chi connectivity index (χ4n) is 0.770. The second-order valence-corrected chi connectivity index (χ2v) is 3.69. The summed E-state index contributed by atoms with van der Waals surface area (Å²) in [6.45, 7) is 10.0. The Morgan fingerprint density at radius 2 is 1.62 bits per heavy atom. The Bertz CT molecular complexity index is 280. The van der Waals surface area contributed by atoms with Crippen LogP contribution in [0.25, 0.3) is 0 Å². The highest BCUT2D eigenvalue weighted by Gasteiger charge is 1.72. The molecule has 0 heterocycles. The van der Waals surface area contributed by atoms with Gasteiger partial charge in [-0.3, -0.25) is 0 Å². The van der Waals surface area contributed by atoms with Crippen molar-refractivity contribution in [2.45, 2.75) is 34.6 Å². The predicted molar refractivity (Wildman–Crippen MR) is 80.1 cm³/mol. The molecule has 16 heavy (non-hydrogen) atoms. The molecule has 0 bridgehead atoms. The zero-order chi connectivity index (χ0) is 12.8. The van der Waals surface area contributed by atoms with Crippen LogP contribution < -0.4 is 0 Å². The Kier molecular flexibility index (Phi) is 15.3. The number of hydrogen-bond acceptors (Lipinski definition) is 1. The summed E-state index contributed by atoms with van der Waals surface area (Å²) in [5.74, 6) is 0. The Labute approximate surface area is 107 Å². The standard InChI is InChI=1S/C7H8.C6H10S.C2H6/c1-7-5-3-2-4-6-7;1-3-4-5-6(2)7;1-2/h2-6H,1H3;3-5,7H,1-2H3;1-2H3/b;4-3-,6-5+;. The summed E-state index contributed by atoms with van der Waals surface area (Å²) in [5.41, 5.74) is 1.32. The van der Waals surface area contributed by atoms with E-state index in [0.29, 0.717) is 0 Å². The van der Waals surface area contributed by atoms with E-state index in [4.69, 9.17) is 0 Å². The maximum absolute atomic E-state index is 4.04. The molecule has 0 aliphatic rings. The molecular weight excluding hydrogens is 212 g/mol. The van der Waals surface area contributed by atoms with Crippen molar-refractivity contribution < 1.29 is 0 Å². The first-order chi connectivity index (χ1) is 7.66. The second-order valence-electron chi connectivity index (χ2n) is 2.99. The lowest BCUT2D eigenvalue weighted by Crippen LogP contribution is -1.62. The van der Waals surface area contributed by atoms with Crippen LogP contribution in [0.2, 0.25) is 0 Å². The quantitative estimate of drug-likeness (QED) is 0.488. The lowest BCUT2D eigenvalue weighted by atomic mass is 10.2. The molecule has 0 saturated heterocycles. The third kappa shape index (κ3) is 15.5. The van der Waals surface area contributed by atoms with Gasteiger partial charge < -0.3 is 0 Å². The average Bonchev–Trinajstić information content (AvgIpc) is 2.31. The van der Waals surface area contributed by atoms with Crippen LogP contribution in [0.5, 0.6) is 0 Å². The predicted octanol–water partition coefficient (Wildman–Crippen LogP) is 5.42. The Morgan fingerprint density at radius 1 is 1.12 bits per heavy atom. The second kappa shape index (κ2) is 14.1. The molecule has 0 nitrogen and oxygen atoms in total. The van der Waals surface area contributed by atoms with Crippen LogP contribution in [0.1, 0.15) is 33.3 Å². The first-order valence-corrected chi connectivity index (χ1v) is 6.11. The molecule has 1 aromatic carbocycles. The van der Waals surface area contributed by atoms with Crippen LogP contribution in [0.3, 0.4) is 0 Å². The van der Waals surface area contributed by atoms with E-state index in [1.54, 1.807) is 0 Å². The average molecular weight is 236 g/mol. The third-order valence-electron chi connectivity index (χ3n) is 1.47. The molecule has 0 spiro atoms. The molecule has 0 amide bonds. The van der Waals surface area contributed by atoms with Crippen LogP contribution in [0.15, 0.2) is 53.5 Å². The zero-order valence-electron chi connectivity index (χ0n) is 11.1. The highest BCUT2D eigenvalue weighted by Crippen LogP contribution is 1.95. The maximum atomic E-state index is 4.04. The maximum Gasteiger partial charge on any atom is -0.0215 e. The number of thiol groups is 1. The van der Waals surface area contributed by atoms with E-state index in [-0.39, 0.29) is 0 Å². The first-order valence-electron chi connectivity index (χ1n) is 5.67. The van der Waals surface area contributed by atoms with Crippen LogP contribution in [-0.4, -0.2) is 0 Å². The van der Waals surface area contributed by atoms with Crippen molar-refractivity contribution in [2.24, 2.45) is 0 Å². The molecule has 0 unspecified atom stereocenters. The molecule has 0 atom stereocenters. The van der Waals surface area contributed by atoms with Crippen molar-refractivity contribution in [3.05, 3.63) is 59.0 Å². The van der Waals surface area contributed by atoms with Gasteiger partial charge >= 0.3 is 0 Å². The van der Waals surface area contributed by atoms with Crippen LogP contribution in [0, 0.1) is 6.92 Å². The Balaban J connectivity index is 0. The van der Waals surface area contributed by atoms with E-state index in [1.165, 1.54) is 5.56 Å². The van der Waals surface area contributed by atoms with Crippen molar-refractivity contribution in [2.75, 3.05) is 0 Å². The van der Waals surface area contributed by atoms with Gasteiger partial charge in [-0.2, -0.15) is 0 Å². The van der Waals surface area contributed by atoms with E-state index in [1.807, 2.05) is 64.1 Å². The number of benzene rings is 1. The van der Waals surface area contributed by atoms with Gasteiger partial charge in [-0.25, -0.2) is 0 Å². The number of aryl methyl sites for hydroxylation is 1. The normalized spacial score (nSPS) is 10.0. The first kappa shape index (κ1) is 17.4. The molecule has 1 heteroatoms. The van der Waals surface area contributed by atoms with Gasteiger partial charge in [-0.05, 0) is 25.7 Å². The molecule has 0 aliphatic heterocycles. The summed E-state index contributed by atoms with van der Waals surface area (Å²) in [7, 11) is 0. The largest absolute Gasteiger partial charge is 0.148 e. The van der Waals surface area contributed by atoms with Crippen LogP contribution in [0.4, 0.5) is 0 Å². The molecule has 0 fully saturated rings. The minimum Gasteiger partial charge on any atom is -0.148 e. The van der Waals surface area contributed by atoms with Gasteiger partial charge in [0, 0.05) is 0 Å². The lowest BCUT2D eigenvalue weighted by Gasteiger charge is -1.82. The van der Waals surface area contributed by atoms with Crippen LogP contribution >= 0.6 is 12.6 Å². The van der Waals surface area contributed by atoms with E-state index in [2.05, 4.69) is 31.7 Å². The molecule has 0 aromatic heterocycles. The third-order valence-corrected chi connectivity index (χ3v) is 1.62. The summed E-state index contributed by atoms with van der Waals surface area (Å²) in [4.78, 5) is 1.04. The topological polar surface area (TPSA) is 0 Å². The van der Waals surface area contributed by atoms with Crippen molar-refractivity contribution in [3.63, 3.8) is 0 Å². The van der Waals surface area contributed by atoms with E-state index in [0.717, 1.165) is 4.91 Å². The Hall–Kier alpha value is -0.950. The molecule has 1 rings (SSSR count). The molecule has 0 N–H and O–H groups in total. The molecule has 0 radical (unpaired) electrons. The molecule has 90 valence electrons. The van der Waals surface area contributed by atoms with Gasteiger partial charge in [-0.15, -0.1) is 12.6 Å². The van der Waals surface area contributed by atoms with Gasteiger partial charge in [0.1, 0.15) is 0 Å². The van der Waals surface area contributed by atoms with Gasteiger partial charge in [0.25, 0.3) is 0 Å². The summed E-state index contributed by atoms with van der Waals surface area (Å²) in [6.07, 6.45) is 5.88. The van der Waals surface area contributed by atoms with Crippen molar-refractivity contribution in [1.82, 2.24) is 0 Å². The molecule has 0 aliphatic carbocycles. The monoisotopic (exact) mass is 236 g/mol. The summed E-state index contributed by atoms with van der Waals surface area (Å²) in [6, 6.07) is 10.3. The SMILES string of the molecule is C/C=C\C=C(/C)S.CC.Cc1ccccc1. The molecule has 0 saturated carbocycles. The lowest BCUT2D eigenvalue weighted by molar-refractivity contribution is 1.48. The molecular formula is C15H24S. The number of rotatable bonds is 1. The number of hydrogen-bond donors (Lipinski definition) is 1. The fraction of sp³-hybridized carbons (Fsp3) is 0.333. The smallest absolute Gasteiger partial charge is 0.0215 e. The van der Waals surface area contributed by atoms with Gasteiger partial charge in [0.15, 0.2) is 0 Å². The summed E-state index contributed by atoms with van der Waals surface area (Å²) in [5, 5.41) is 0.